The molecule has 0 radical (unpaired) electrons. The number of imide groups is 1. The van der Waals surface area contributed by atoms with Crippen molar-refractivity contribution in [1.29, 1.82) is 0 Å². The molecule has 3 heterocycles. The standard InChI is InChI=1S/C19H18Cl2N6O9S2/c1-35-26-11(8-6-38-18(22-8)23-9(28)2-20)14(30)25-12-15(31)27-13(17(32)33)7(5-37-16(12)27)4-36-19(34)24-10(29)3-21/h6,12,16H,2-5H2,1H3,(H,25,30)(H,32,33)(H,22,23,28)(H,24,29,34)/t12?,16-/m0/s1. The molecule has 1 aromatic rings. The van der Waals surface area contributed by atoms with Crippen molar-refractivity contribution in [1.82, 2.24) is 20.5 Å². The van der Waals surface area contributed by atoms with Crippen molar-refractivity contribution < 1.29 is 43.4 Å². The fourth-order valence-corrected chi connectivity index (χ4v) is 5.40. The maximum atomic E-state index is 12.9. The molecule has 1 fully saturated rings. The number of rotatable bonds is 10. The molecule has 0 saturated carbocycles. The molecule has 0 aromatic carbocycles. The Bertz CT molecular complexity index is 1240. The van der Waals surface area contributed by atoms with Crippen LogP contribution in [0.5, 0.6) is 0 Å². The third-order valence-corrected chi connectivity index (χ3v) is 7.37. The van der Waals surface area contributed by atoms with Crippen molar-refractivity contribution in [2.45, 2.75) is 11.4 Å². The second-order valence-corrected chi connectivity index (χ2v) is 9.72. The Morgan fingerprint density at radius 1 is 1.24 bits per heavy atom. The molecule has 1 aromatic heterocycles. The molecule has 204 valence electrons. The Labute approximate surface area is 231 Å². The van der Waals surface area contributed by atoms with E-state index < -0.39 is 65.3 Å². The highest BCUT2D eigenvalue weighted by Crippen LogP contribution is 2.40. The Morgan fingerprint density at radius 3 is 2.58 bits per heavy atom. The lowest BCUT2D eigenvalue weighted by molar-refractivity contribution is -0.150. The van der Waals surface area contributed by atoms with Gasteiger partial charge in [0.2, 0.25) is 11.8 Å². The zero-order chi connectivity index (χ0) is 28.0. The van der Waals surface area contributed by atoms with E-state index in [0.29, 0.717) is 0 Å². The molecular weight excluding hydrogens is 591 g/mol. The van der Waals surface area contributed by atoms with Crippen LogP contribution in [-0.4, -0.2) is 99.0 Å². The zero-order valence-corrected chi connectivity index (χ0v) is 22.3. The number of ether oxygens (including phenoxy) is 1. The maximum absolute atomic E-state index is 12.9. The quantitative estimate of drug-likeness (QED) is 0.119. The number of thioether (sulfide) groups is 1. The zero-order valence-electron chi connectivity index (χ0n) is 19.2. The van der Waals surface area contributed by atoms with Crippen molar-refractivity contribution in [2.75, 3.05) is 36.5 Å². The van der Waals surface area contributed by atoms with Gasteiger partial charge in [0.1, 0.15) is 48.3 Å². The molecule has 4 N–H and O–H groups in total. The number of anilines is 1. The first kappa shape index (κ1) is 29.2. The van der Waals surface area contributed by atoms with E-state index in [1.807, 2.05) is 5.32 Å². The van der Waals surface area contributed by atoms with Gasteiger partial charge in [0.25, 0.3) is 11.8 Å². The van der Waals surface area contributed by atoms with Crippen LogP contribution in [0, 0.1) is 0 Å². The third kappa shape index (κ3) is 6.53. The first-order valence-corrected chi connectivity index (χ1v) is 13.3. The summed E-state index contributed by atoms with van der Waals surface area (Å²) in [6.45, 7) is -0.499. The molecule has 2 atom stereocenters. The van der Waals surface area contributed by atoms with Crippen LogP contribution < -0.4 is 16.0 Å². The van der Waals surface area contributed by atoms with E-state index in [9.17, 15) is 33.9 Å². The van der Waals surface area contributed by atoms with Crippen LogP contribution in [0.2, 0.25) is 0 Å². The van der Waals surface area contributed by atoms with Crippen LogP contribution in [0.3, 0.4) is 0 Å². The molecule has 1 unspecified atom stereocenters. The predicted molar refractivity (Wildman–Crippen MR) is 135 cm³/mol. The molecule has 0 bridgehead atoms. The number of carboxylic acid groups (broad SMARTS) is 1. The van der Waals surface area contributed by atoms with Crippen molar-refractivity contribution in [3.63, 3.8) is 0 Å². The Hall–Kier alpha value is -3.41. The van der Waals surface area contributed by atoms with E-state index in [0.717, 1.165) is 28.0 Å². The minimum Gasteiger partial charge on any atom is -0.477 e. The second-order valence-electron chi connectivity index (χ2n) is 7.22. The number of amides is 5. The molecule has 0 spiro atoms. The number of carbonyl (C=O) groups excluding carboxylic acids is 5. The minimum absolute atomic E-state index is 0.0495. The van der Waals surface area contributed by atoms with E-state index in [-0.39, 0.29) is 33.7 Å². The van der Waals surface area contributed by atoms with Crippen molar-refractivity contribution in [2.24, 2.45) is 5.16 Å². The van der Waals surface area contributed by atoms with Gasteiger partial charge in [-0.15, -0.1) is 46.3 Å². The summed E-state index contributed by atoms with van der Waals surface area (Å²) in [4.78, 5) is 81.8. The van der Waals surface area contributed by atoms with E-state index in [1.54, 1.807) is 0 Å². The Balaban J connectivity index is 1.71. The molecule has 38 heavy (non-hydrogen) atoms. The van der Waals surface area contributed by atoms with E-state index in [1.165, 1.54) is 12.5 Å². The monoisotopic (exact) mass is 608 g/mol. The fourth-order valence-electron chi connectivity index (χ4n) is 3.23. The number of aliphatic carboxylic acids is 1. The van der Waals surface area contributed by atoms with E-state index in [4.69, 9.17) is 32.8 Å². The molecule has 19 heteroatoms. The largest absolute Gasteiger partial charge is 0.477 e. The number of hydrogen-bond donors (Lipinski definition) is 4. The van der Waals surface area contributed by atoms with Crippen LogP contribution in [0.4, 0.5) is 9.93 Å². The van der Waals surface area contributed by atoms with Gasteiger partial charge in [-0.1, -0.05) is 5.16 Å². The summed E-state index contributed by atoms with van der Waals surface area (Å²) in [5.41, 5.74) is -0.523. The average molecular weight is 609 g/mol. The summed E-state index contributed by atoms with van der Waals surface area (Å²) in [7, 11) is 1.20. The summed E-state index contributed by atoms with van der Waals surface area (Å²) in [5.74, 6) is -5.03. The number of hydrogen-bond acceptors (Lipinski definition) is 12. The highest BCUT2D eigenvalue weighted by atomic mass is 35.5. The number of β-lactam (4-membered cyclic amide) rings is 1. The van der Waals surface area contributed by atoms with Gasteiger partial charge >= 0.3 is 12.1 Å². The van der Waals surface area contributed by atoms with Crippen LogP contribution in [0.1, 0.15) is 5.69 Å². The van der Waals surface area contributed by atoms with Crippen molar-refractivity contribution in [3.05, 3.63) is 22.3 Å². The van der Waals surface area contributed by atoms with Crippen molar-refractivity contribution >= 4 is 92.8 Å². The van der Waals surface area contributed by atoms with Gasteiger partial charge in [0.15, 0.2) is 10.8 Å². The van der Waals surface area contributed by atoms with Gasteiger partial charge in [-0.3, -0.25) is 29.4 Å². The van der Waals surface area contributed by atoms with Gasteiger partial charge in [0.05, 0.1) is 0 Å². The lowest BCUT2D eigenvalue weighted by Gasteiger charge is -2.49. The first-order chi connectivity index (χ1) is 18.1. The van der Waals surface area contributed by atoms with Gasteiger partial charge in [-0.05, 0) is 0 Å². The maximum Gasteiger partial charge on any atom is 0.414 e. The second kappa shape index (κ2) is 12.9. The molecule has 0 aliphatic carbocycles. The Morgan fingerprint density at radius 2 is 1.95 bits per heavy atom. The highest BCUT2D eigenvalue weighted by molar-refractivity contribution is 8.00. The number of nitrogens with zero attached hydrogens (tertiary/aromatic N) is 3. The lowest BCUT2D eigenvalue weighted by atomic mass is 10.0. The van der Waals surface area contributed by atoms with Crippen LogP contribution in [0.25, 0.3) is 0 Å². The van der Waals surface area contributed by atoms with Crippen LogP contribution in [-0.2, 0) is 33.5 Å². The smallest absolute Gasteiger partial charge is 0.414 e. The molecule has 2 aliphatic heterocycles. The number of fused-ring (bicyclic) bond motifs is 1. The van der Waals surface area contributed by atoms with Gasteiger partial charge in [-0.25, -0.2) is 14.6 Å². The summed E-state index contributed by atoms with van der Waals surface area (Å²) in [5, 5.41) is 20.9. The fraction of sp³-hybridized carbons (Fsp3) is 0.368. The number of halogens is 2. The summed E-state index contributed by atoms with van der Waals surface area (Å²) in [6, 6.07) is -1.11. The number of nitrogens with one attached hydrogen (secondary N) is 3. The summed E-state index contributed by atoms with van der Waals surface area (Å²) < 4.78 is 4.87. The number of thiazole rings is 1. The molecule has 5 amide bonds. The molecular formula is C19H18Cl2N6O9S2. The number of aromatic nitrogens is 1. The number of alkyl halides is 2. The van der Waals surface area contributed by atoms with Gasteiger partial charge in [0, 0.05) is 16.7 Å². The Kier molecular flexibility index (Phi) is 9.90. The average Bonchev–Trinajstić information content (AvgIpc) is 3.35. The molecule has 15 nitrogen and oxygen atoms in total. The number of carboxylic acids is 1. The number of alkyl carbamates (subject to hydrolysis) is 1. The summed E-state index contributed by atoms with van der Waals surface area (Å²) in [6.07, 6.45) is -1.13. The summed E-state index contributed by atoms with van der Waals surface area (Å²) >= 11 is 12.9. The van der Waals surface area contributed by atoms with Gasteiger partial charge in [-0.2, -0.15) is 0 Å². The number of carbonyl (C=O) groups is 6. The normalized spacial score (nSPS) is 18.7. The van der Waals surface area contributed by atoms with Crippen LogP contribution >= 0.6 is 46.3 Å². The SMILES string of the molecule is CON=C(C(=O)NC1C(=O)N2C(C(=O)O)=C(COC(=O)NC(=O)CCl)CS[C@@H]12)c1csc(NC(=O)CCl)n1. The van der Waals surface area contributed by atoms with Crippen molar-refractivity contribution in [3.8, 4) is 0 Å². The molecule has 3 rings (SSSR count). The van der Waals surface area contributed by atoms with Gasteiger partial charge < -0.3 is 25.3 Å². The number of oxime groups is 1. The topological polar surface area (TPSA) is 206 Å². The molecule has 2 aliphatic rings. The van der Waals surface area contributed by atoms with E-state index >= 15 is 0 Å². The van der Waals surface area contributed by atoms with E-state index in [2.05, 4.69) is 20.8 Å². The third-order valence-electron chi connectivity index (χ3n) is 4.79. The predicted octanol–water partition coefficient (Wildman–Crippen LogP) is -0.0989. The minimum atomic E-state index is -1.44. The highest BCUT2D eigenvalue weighted by Gasteiger charge is 2.54. The lowest BCUT2D eigenvalue weighted by Crippen LogP contribution is -2.71. The first-order valence-electron chi connectivity index (χ1n) is 10.3. The van der Waals surface area contributed by atoms with Crippen LogP contribution in [0.15, 0.2) is 21.8 Å². The molecule has 1 saturated heterocycles.